The number of anilines is 3. The monoisotopic (exact) mass is 538 g/mol. The summed E-state index contributed by atoms with van der Waals surface area (Å²) in [6.07, 6.45) is 7.89. The van der Waals surface area contributed by atoms with Crippen molar-refractivity contribution in [2.75, 3.05) is 43.4 Å². The number of rotatable bonds is 7. The summed E-state index contributed by atoms with van der Waals surface area (Å²) >= 11 is 0. The summed E-state index contributed by atoms with van der Waals surface area (Å²) in [6.45, 7) is 7.33. The molecule has 5 aromatic rings. The summed E-state index contributed by atoms with van der Waals surface area (Å²) in [5, 5.41) is 3.39. The van der Waals surface area contributed by atoms with Crippen LogP contribution < -0.4 is 15.8 Å². The van der Waals surface area contributed by atoms with Gasteiger partial charge in [-0.05, 0) is 37.4 Å². The van der Waals surface area contributed by atoms with E-state index in [0.717, 1.165) is 26.2 Å². The van der Waals surface area contributed by atoms with Crippen LogP contribution in [0.3, 0.4) is 0 Å². The molecular weight excluding hydrogens is 511 g/mol. The van der Waals surface area contributed by atoms with Crippen LogP contribution >= 0.6 is 0 Å². The molecule has 6 rings (SSSR count). The number of fused-ring (bicyclic) bond motifs is 1. The first kappa shape index (κ1) is 25.3. The van der Waals surface area contributed by atoms with Gasteiger partial charge in [-0.15, -0.1) is 6.58 Å². The summed E-state index contributed by atoms with van der Waals surface area (Å²) in [6, 6.07) is 10.4. The first-order valence-electron chi connectivity index (χ1n) is 12.8. The summed E-state index contributed by atoms with van der Waals surface area (Å²) in [7, 11) is 2.06. The van der Waals surface area contributed by atoms with E-state index in [1.54, 1.807) is 47.5 Å². The third-order valence-electron chi connectivity index (χ3n) is 6.80. The number of benzene rings is 1. The Kier molecular flexibility index (Phi) is 6.74. The van der Waals surface area contributed by atoms with Gasteiger partial charge >= 0.3 is 0 Å². The molecule has 1 aliphatic rings. The van der Waals surface area contributed by atoms with Crippen LogP contribution in [0.1, 0.15) is 0 Å². The third kappa shape index (κ3) is 4.80. The predicted octanol–water partition coefficient (Wildman–Crippen LogP) is 3.25. The fourth-order valence-electron chi connectivity index (χ4n) is 4.74. The Labute approximate surface area is 229 Å². The molecule has 4 aromatic heterocycles. The number of aromatic nitrogens is 7. The van der Waals surface area contributed by atoms with Gasteiger partial charge in [-0.3, -0.25) is 14.8 Å². The van der Waals surface area contributed by atoms with Gasteiger partial charge in [0.1, 0.15) is 16.9 Å². The molecule has 0 atom stereocenters. The van der Waals surface area contributed by atoms with Gasteiger partial charge in [0, 0.05) is 50.5 Å². The Morgan fingerprint density at radius 3 is 2.62 bits per heavy atom. The zero-order valence-corrected chi connectivity index (χ0v) is 21.9. The fourth-order valence-corrected chi connectivity index (χ4v) is 4.74. The van der Waals surface area contributed by atoms with Crippen LogP contribution in [0.2, 0.25) is 0 Å². The van der Waals surface area contributed by atoms with Crippen molar-refractivity contribution >= 4 is 28.4 Å². The highest BCUT2D eigenvalue weighted by Crippen LogP contribution is 2.26. The van der Waals surface area contributed by atoms with Crippen molar-refractivity contribution in [3.05, 3.63) is 90.0 Å². The fraction of sp³-hybridized carbons (Fsp3) is 0.214. The van der Waals surface area contributed by atoms with E-state index in [2.05, 4.69) is 43.8 Å². The Bertz CT molecular complexity index is 1740. The standard InChI is InChI=1S/C28H27FN10O/c1-3-11-38-27(40)20-17-32-28(33-19-7-8-24(21(29)16-19)37-14-12-36(2)13-15-37)35-26(20)39(38)25-6-4-5-22(34-25)23-18-30-9-10-31-23/h3-10,16-18H,1,11-15H2,2H3,(H,32,33,35). The minimum absolute atomic E-state index is 0.217. The molecule has 1 aliphatic heterocycles. The van der Waals surface area contributed by atoms with E-state index >= 15 is 4.39 Å². The molecule has 40 heavy (non-hydrogen) atoms. The quantitative estimate of drug-likeness (QED) is 0.312. The maximum atomic E-state index is 15.1. The first-order valence-corrected chi connectivity index (χ1v) is 12.8. The number of nitrogens with zero attached hydrogens (tertiary/aromatic N) is 9. The number of piperazine rings is 1. The maximum absolute atomic E-state index is 15.1. The number of likely N-dealkylation sites (N-methyl/N-ethyl adjacent to an activating group) is 1. The van der Waals surface area contributed by atoms with Crippen molar-refractivity contribution in [1.82, 2.24) is 39.2 Å². The van der Waals surface area contributed by atoms with Crippen LogP contribution in [0.25, 0.3) is 28.2 Å². The number of pyridine rings is 1. The minimum atomic E-state index is -0.324. The van der Waals surface area contributed by atoms with Crippen molar-refractivity contribution < 1.29 is 4.39 Å². The molecule has 1 N–H and O–H groups in total. The largest absolute Gasteiger partial charge is 0.367 e. The molecule has 5 heterocycles. The molecule has 0 bridgehead atoms. The van der Waals surface area contributed by atoms with Gasteiger partial charge in [-0.2, -0.15) is 4.98 Å². The molecular formula is C28H27FN10O. The second-order valence-corrected chi connectivity index (χ2v) is 9.47. The van der Waals surface area contributed by atoms with Crippen molar-refractivity contribution in [1.29, 1.82) is 0 Å². The molecule has 0 saturated carbocycles. The first-order chi connectivity index (χ1) is 19.5. The average molecular weight is 539 g/mol. The van der Waals surface area contributed by atoms with Crippen molar-refractivity contribution in [3.8, 4) is 17.2 Å². The van der Waals surface area contributed by atoms with Gasteiger partial charge in [-0.1, -0.05) is 12.1 Å². The maximum Gasteiger partial charge on any atom is 0.278 e. The van der Waals surface area contributed by atoms with Gasteiger partial charge in [0.15, 0.2) is 11.5 Å². The summed E-state index contributed by atoms with van der Waals surface area (Å²) in [4.78, 5) is 39.7. The van der Waals surface area contributed by atoms with Crippen LogP contribution in [0.5, 0.6) is 0 Å². The molecule has 1 saturated heterocycles. The van der Waals surface area contributed by atoms with Gasteiger partial charge in [0.25, 0.3) is 5.56 Å². The van der Waals surface area contributed by atoms with Gasteiger partial charge < -0.3 is 15.1 Å². The SMILES string of the molecule is C=CCn1c(=O)c2cnc(Nc3ccc(N4CCN(C)CC4)c(F)c3)nc2n1-c1cccc(-c2cnccn2)n1. The molecule has 0 unspecified atom stereocenters. The van der Waals surface area contributed by atoms with Gasteiger partial charge in [-0.25, -0.2) is 23.7 Å². The van der Waals surface area contributed by atoms with E-state index in [4.69, 9.17) is 4.98 Å². The molecule has 11 nitrogen and oxygen atoms in total. The Morgan fingerprint density at radius 1 is 1.02 bits per heavy atom. The van der Waals surface area contributed by atoms with Crippen molar-refractivity contribution in [3.63, 3.8) is 0 Å². The lowest BCUT2D eigenvalue weighted by atomic mass is 10.2. The number of allylic oxidation sites excluding steroid dienone is 1. The predicted molar refractivity (Wildman–Crippen MR) is 152 cm³/mol. The second-order valence-electron chi connectivity index (χ2n) is 9.47. The molecule has 202 valence electrons. The van der Waals surface area contributed by atoms with E-state index in [9.17, 15) is 4.79 Å². The summed E-state index contributed by atoms with van der Waals surface area (Å²) < 4.78 is 18.2. The zero-order valence-electron chi connectivity index (χ0n) is 21.9. The highest BCUT2D eigenvalue weighted by atomic mass is 19.1. The van der Waals surface area contributed by atoms with E-state index in [-0.39, 0.29) is 23.9 Å². The lowest BCUT2D eigenvalue weighted by molar-refractivity contribution is 0.311. The van der Waals surface area contributed by atoms with Crippen LogP contribution in [0, 0.1) is 5.82 Å². The normalized spacial score (nSPS) is 14.0. The van der Waals surface area contributed by atoms with Crippen molar-refractivity contribution in [2.24, 2.45) is 0 Å². The molecule has 12 heteroatoms. The topological polar surface area (TPSA) is 110 Å². The van der Waals surface area contributed by atoms with E-state index < -0.39 is 0 Å². The highest BCUT2D eigenvalue weighted by Gasteiger charge is 2.20. The molecule has 0 spiro atoms. The molecule has 0 amide bonds. The van der Waals surface area contributed by atoms with Crippen LogP contribution in [-0.4, -0.2) is 72.4 Å². The minimum Gasteiger partial charge on any atom is -0.367 e. The summed E-state index contributed by atoms with van der Waals surface area (Å²) in [5.41, 5.74) is 2.32. The number of hydrogen-bond acceptors (Lipinski definition) is 9. The van der Waals surface area contributed by atoms with Crippen LogP contribution in [0.4, 0.5) is 21.7 Å². The number of nitrogens with one attached hydrogen (secondary N) is 1. The second kappa shape index (κ2) is 10.7. The Morgan fingerprint density at radius 2 is 1.88 bits per heavy atom. The van der Waals surface area contributed by atoms with Gasteiger partial charge in [0.05, 0.1) is 24.1 Å². The number of halogens is 1. The lowest BCUT2D eigenvalue weighted by Crippen LogP contribution is -2.44. The lowest BCUT2D eigenvalue weighted by Gasteiger charge is -2.34. The van der Waals surface area contributed by atoms with Crippen LogP contribution in [0.15, 0.2) is 78.6 Å². The smallest absolute Gasteiger partial charge is 0.278 e. The van der Waals surface area contributed by atoms with E-state index in [1.165, 1.54) is 16.9 Å². The average Bonchev–Trinajstić information content (AvgIpc) is 3.25. The molecule has 0 aliphatic carbocycles. The zero-order chi connectivity index (χ0) is 27.6. The molecule has 1 aromatic carbocycles. The summed E-state index contributed by atoms with van der Waals surface area (Å²) in [5.74, 6) is 0.354. The molecule has 1 fully saturated rings. The van der Waals surface area contributed by atoms with Crippen molar-refractivity contribution in [2.45, 2.75) is 6.54 Å². The third-order valence-corrected chi connectivity index (χ3v) is 6.80. The highest BCUT2D eigenvalue weighted by molar-refractivity contribution is 5.77. The van der Waals surface area contributed by atoms with Crippen LogP contribution in [-0.2, 0) is 6.54 Å². The Hall–Kier alpha value is -4.97. The Balaban J connectivity index is 1.37. The molecule has 0 radical (unpaired) electrons. The number of hydrogen-bond donors (Lipinski definition) is 1. The van der Waals surface area contributed by atoms with E-state index in [0.29, 0.717) is 39.6 Å². The van der Waals surface area contributed by atoms with E-state index in [1.807, 2.05) is 17.0 Å². The van der Waals surface area contributed by atoms with Gasteiger partial charge in [0.2, 0.25) is 5.95 Å².